The molecule has 0 unspecified atom stereocenters. The van der Waals surface area contributed by atoms with Crippen LogP contribution in [0.2, 0.25) is 0 Å². The molecule has 0 fully saturated rings. The zero-order valence-corrected chi connectivity index (χ0v) is 14.0. The monoisotopic (exact) mass is 350 g/mol. The summed E-state index contributed by atoms with van der Waals surface area (Å²) in [4.78, 5) is 13.1. The number of amides is 1. The summed E-state index contributed by atoms with van der Waals surface area (Å²) in [5.41, 5.74) is -0.0304. The summed E-state index contributed by atoms with van der Waals surface area (Å²) >= 11 is 1.47. The van der Waals surface area contributed by atoms with Gasteiger partial charge in [0.05, 0.1) is 12.8 Å². The minimum absolute atomic E-state index is 0.0304. The molecule has 2 aromatic heterocycles. The van der Waals surface area contributed by atoms with Crippen LogP contribution in [-0.4, -0.2) is 5.91 Å². The second-order valence-electron chi connectivity index (χ2n) is 5.00. The minimum atomic E-state index is -0.479. The van der Waals surface area contributed by atoms with E-state index in [4.69, 9.17) is 8.83 Å². The largest absolute Gasteiger partial charge is 0.467 e. The van der Waals surface area contributed by atoms with Gasteiger partial charge in [-0.3, -0.25) is 4.79 Å². The summed E-state index contributed by atoms with van der Waals surface area (Å²) in [5.74, 6) is 0.584. The number of furan rings is 2. The van der Waals surface area contributed by atoms with Crippen LogP contribution in [0.5, 0.6) is 0 Å². The topological polar surface area (TPSA) is 79.2 Å². The van der Waals surface area contributed by atoms with Gasteiger partial charge in [-0.25, -0.2) is 0 Å². The van der Waals surface area contributed by atoms with Crippen LogP contribution in [0.3, 0.4) is 0 Å². The molecular formula is C19H14N2O3S. The van der Waals surface area contributed by atoms with Crippen molar-refractivity contribution in [2.75, 3.05) is 0 Å². The predicted octanol–water partition coefficient (Wildman–Crippen LogP) is 4.25. The molecule has 1 amide bonds. The quantitative estimate of drug-likeness (QED) is 0.531. The molecule has 0 radical (unpaired) electrons. The second-order valence-corrected chi connectivity index (χ2v) is 6.08. The van der Waals surface area contributed by atoms with E-state index in [1.807, 2.05) is 36.4 Å². The number of benzene rings is 1. The Morgan fingerprint density at radius 2 is 2.00 bits per heavy atom. The first-order valence-electron chi connectivity index (χ1n) is 7.50. The molecule has 0 aliphatic rings. The molecule has 0 atom stereocenters. The van der Waals surface area contributed by atoms with E-state index >= 15 is 0 Å². The normalized spacial score (nSPS) is 11.1. The fourth-order valence-electron chi connectivity index (χ4n) is 2.04. The van der Waals surface area contributed by atoms with E-state index in [1.54, 1.807) is 24.3 Å². The van der Waals surface area contributed by atoms with Crippen LogP contribution in [0.15, 0.2) is 85.3 Å². The minimum Gasteiger partial charge on any atom is -0.467 e. The molecule has 25 heavy (non-hydrogen) atoms. The van der Waals surface area contributed by atoms with Gasteiger partial charge in [0.2, 0.25) is 0 Å². The lowest BCUT2D eigenvalue weighted by atomic mass is 10.2. The van der Waals surface area contributed by atoms with Gasteiger partial charge in [0.25, 0.3) is 5.91 Å². The maximum absolute atomic E-state index is 12.1. The molecule has 124 valence electrons. The van der Waals surface area contributed by atoms with Crippen LogP contribution < -0.4 is 5.32 Å². The van der Waals surface area contributed by atoms with Crippen molar-refractivity contribution in [3.63, 3.8) is 0 Å². The van der Waals surface area contributed by atoms with Crippen molar-refractivity contribution in [2.24, 2.45) is 0 Å². The van der Waals surface area contributed by atoms with E-state index in [1.165, 1.54) is 24.1 Å². The molecule has 2 heterocycles. The van der Waals surface area contributed by atoms with E-state index in [-0.39, 0.29) is 12.1 Å². The lowest BCUT2D eigenvalue weighted by Gasteiger charge is -2.01. The number of hydrogen-bond donors (Lipinski definition) is 1. The van der Waals surface area contributed by atoms with Crippen molar-refractivity contribution in [2.45, 2.75) is 16.5 Å². The van der Waals surface area contributed by atoms with Crippen molar-refractivity contribution >= 4 is 23.7 Å². The van der Waals surface area contributed by atoms with Crippen LogP contribution in [0.25, 0.3) is 6.08 Å². The van der Waals surface area contributed by atoms with Gasteiger partial charge < -0.3 is 14.2 Å². The Morgan fingerprint density at radius 3 is 2.72 bits per heavy atom. The standard InChI is InChI=1S/C19H14N2O3S/c20-12-14(19(22)21-13-16-5-4-10-23-16)11-15-8-9-18(24-15)25-17-6-2-1-3-7-17/h1-11H,13H2,(H,21,22). The Kier molecular flexibility index (Phi) is 5.39. The average molecular weight is 350 g/mol. The smallest absolute Gasteiger partial charge is 0.262 e. The summed E-state index contributed by atoms with van der Waals surface area (Å²) in [6, 6.07) is 18.7. The van der Waals surface area contributed by atoms with E-state index < -0.39 is 5.91 Å². The Morgan fingerprint density at radius 1 is 1.16 bits per heavy atom. The van der Waals surface area contributed by atoms with Gasteiger partial charge in [0.15, 0.2) is 5.09 Å². The number of nitriles is 1. The second kappa shape index (κ2) is 8.08. The lowest BCUT2D eigenvalue weighted by molar-refractivity contribution is -0.117. The lowest BCUT2D eigenvalue weighted by Crippen LogP contribution is -2.23. The summed E-state index contributed by atoms with van der Waals surface area (Å²) < 4.78 is 10.8. The highest BCUT2D eigenvalue weighted by Gasteiger charge is 2.11. The zero-order valence-electron chi connectivity index (χ0n) is 13.1. The highest BCUT2D eigenvalue weighted by atomic mass is 32.2. The van der Waals surface area contributed by atoms with Crippen molar-refractivity contribution in [1.29, 1.82) is 5.26 Å². The van der Waals surface area contributed by atoms with Gasteiger partial charge in [0.1, 0.15) is 23.2 Å². The maximum Gasteiger partial charge on any atom is 0.262 e. The number of nitrogens with zero attached hydrogens (tertiary/aromatic N) is 1. The third kappa shape index (κ3) is 4.66. The predicted molar refractivity (Wildman–Crippen MR) is 93.4 cm³/mol. The molecular weight excluding hydrogens is 336 g/mol. The fraction of sp³-hybridized carbons (Fsp3) is 0.0526. The highest BCUT2D eigenvalue weighted by Crippen LogP contribution is 2.29. The number of hydrogen-bond acceptors (Lipinski definition) is 5. The molecule has 0 saturated heterocycles. The number of nitrogens with one attached hydrogen (secondary N) is 1. The molecule has 0 spiro atoms. The molecule has 0 aliphatic carbocycles. The van der Waals surface area contributed by atoms with Gasteiger partial charge >= 0.3 is 0 Å². The molecule has 3 aromatic rings. The average Bonchev–Trinajstić information content (AvgIpc) is 3.30. The maximum atomic E-state index is 12.1. The summed E-state index contributed by atoms with van der Waals surface area (Å²) in [6.45, 7) is 0.220. The van der Waals surface area contributed by atoms with E-state index in [0.717, 1.165) is 4.90 Å². The zero-order chi connectivity index (χ0) is 17.5. The van der Waals surface area contributed by atoms with Crippen LogP contribution in [-0.2, 0) is 11.3 Å². The number of rotatable bonds is 6. The first kappa shape index (κ1) is 16.7. The van der Waals surface area contributed by atoms with Crippen LogP contribution in [0, 0.1) is 11.3 Å². The fourth-order valence-corrected chi connectivity index (χ4v) is 2.84. The van der Waals surface area contributed by atoms with Gasteiger partial charge in [-0.05, 0) is 36.4 Å². The van der Waals surface area contributed by atoms with E-state index in [0.29, 0.717) is 16.6 Å². The van der Waals surface area contributed by atoms with E-state index in [9.17, 15) is 10.1 Å². The van der Waals surface area contributed by atoms with Crippen molar-refractivity contribution in [1.82, 2.24) is 5.32 Å². The Bertz CT molecular complexity index is 906. The first-order valence-corrected chi connectivity index (χ1v) is 8.31. The van der Waals surface area contributed by atoms with Gasteiger partial charge in [-0.15, -0.1) is 0 Å². The molecule has 6 heteroatoms. The first-order chi connectivity index (χ1) is 12.2. The van der Waals surface area contributed by atoms with Crippen LogP contribution in [0.1, 0.15) is 11.5 Å². The molecule has 0 bridgehead atoms. The Balaban J connectivity index is 1.65. The third-order valence-electron chi connectivity index (χ3n) is 3.22. The highest BCUT2D eigenvalue weighted by molar-refractivity contribution is 7.99. The molecule has 0 aliphatic heterocycles. The summed E-state index contributed by atoms with van der Waals surface area (Å²) in [5, 5.41) is 12.5. The number of carbonyl (C=O) groups excluding carboxylic acids is 1. The number of carbonyl (C=O) groups is 1. The molecule has 0 saturated carbocycles. The molecule has 5 nitrogen and oxygen atoms in total. The van der Waals surface area contributed by atoms with Gasteiger partial charge in [0, 0.05) is 11.0 Å². The van der Waals surface area contributed by atoms with Crippen LogP contribution >= 0.6 is 11.8 Å². The molecule has 1 aromatic carbocycles. The van der Waals surface area contributed by atoms with Gasteiger partial charge in [-0.1, -0.05) is 30.0 Å². The Labute approximate surface area is 148 Å². The summed E-state index contributed by atoms with van der Waals surface area (Å²) in [6.07, 6.45) is 2.95. The SMILES string of the molecule is N#CC(=Cc1ccc(Sc2ccccc2)o1)C(=O)NCc1ccco1. The Hall–Kier alpha value is -3.17. The van der Waals surface area contributed by atoms with E-state index in [2.05, 4.69) is 5.32 Å². The van der Waals surface area contributed by atoms with Crippen molar-refractivity contribution in [3.8, 4) is 6.07 Å². The molecule has 3 rings (SSSR count). The van der Waals surface area contributed by atoms with Crippen molar-refractivity contribution < 1.29 is 13.6 Å². The van der Waals surface area contributed by atoms with Crippen molar-refractivity contribution in [3.05, 3.63) is 78.0 Å². The third-order valence-corrected chi connectivity index (χ3v) is 4.15. The van der Waals surface area contributed by atoms with Crippen LogP contribution in [0.4, 0.5) is 0 Å². The molecule has 1 N–H and O–H groups in total. The summed E-state index contributed by atoms with van der Waals surface area (Å²) in [7, 11) is 0. The van der Waals surface area contributed by atoms with Gasteiger partial charge in [-0.2, -0.15) is 5.26 Å².